The molecule has 0 saturated carbocycles. The molecule has 0 unspecified atom stereocenters. The van der Waals surface area contributed by atoms with E-state index in [0.717, 1.165) is 4.70 Å². The van der Waals surface area contributed by atoms with Crippen molar-refractivity contribution in [3.05, 3.63) is 68.0 Å². The number of nitro benzene ring substituents is 1. The van der Waals surface area contributed by atoms with Crippen LogP contribution >= 0.6 is 22.9 Å². The fourth-order valence-electron chi connectivity index (χ4n) is 2.37. The van der Waals surface area contributed by atoms with Crippen LogP contribution in [0.4, 0.5) is 5.69 Å². The summed E-state index contributed by atoms with van der Waals surface area (Å²) in [4.78, 5) is 27.4. The number of terminal acetylenes is 1. The number of thiazole rings is 1. The Bertz CT molecular complexity index is 1110. The van der Waals surface area contributed by atoms with Gasteiger partial charge in [-0.1, -0.05) is 47.1 Å². The smallest absolute Gasteiger partial charge is 0.286 e. The highest BCUT2D eigenvalue weighted by atomic mass is 35.5. The van der Waals surface area contributed by atoms with Gasteiger partial charge in [0, 0.05) is 6.07 Å². The van der Waals surface area contributed by atoms with E-state index in [1.54, 1.807) is 22.8 Å². The number of carbonyl (C=O) groups is 1. The number of nitrogens with zero attached hydrogens (tertiary/aromatic N) is 3. The maximum absolute atomic E-state index is 12.5. The standard InChI is InChI=1S/C17H10ClN3O3S/c1-2-10-20-15-12(18)7-5-9-14(15)25-17(20)19-16(22)11-6-3-4-8-13(11)21(23)24/h1,3-9H,10H2. The van der Waals surface area contributed by atoms with Gasteiger partial charge in [0.1, 0.15) is 5.56 Å². The number of benzene rings is 2. The van der Waals surface area contributed by atoms with Crippen LogP contribution in [-0.2, 0) is 6.54 Å². The van der Waals surface area contributed by atoms with E-state index in [-0.39, 0.29) is 17.8 Å². The Labute approximate surface area is 151 Å². The van der Waals surface area contributed by atoms with Crippen LogP contribution in [0.5, 0.6) is 0 Å². The Balaban J connectivity index is 2.21. The minimum Gasteiger partial charge on any atom is -0.303 e. The highest BCUT2D eigenvalue weighted by Gasteiger charge is 2.19. The van der Waals surface area contributed by atoms with Crippen molar-refractivity contribution in [1.29, 1.82) is 0 Å². The van der Waals surface area contributed by atoms with Gasteiger partial charge in [0.05, 0.1) is 26.7 Å². The number of aromatic nitrogens is 1. The zero-order valence-electron chi connectivity index (χ0n) is 12.7. The molecule has 8 heteroatoms. The first kappa shape index (κ1) is 16.9. The van der Waals surface area contributed by atoms with Crippen LogP contribution < -0.4 is 4.80 Å². The second kappa shape index (κ2) is 6.89. The summed E-state index contributed by atoms with van der Waals surface area (Å²) in [5.41, 5.74) is 0.309. The normalized spacial score (nSPS) is 11.4. The number of hydrogen-bond acceptors (Lipinski definition) is 4. The molecule has 3 rings (SSSR count). The molecule has 25 heavy (non-hydrogen) atoms. The lowest BCUT2D eigenvalue weighted by Gasteiger charge is -2.01. The molecule has 6 nitrogen and oxygen atoms in total. The van der Waals surface area contributed by atoms with Crippen molar-refractivity contribution in [2.45, 2.75) is 6.54 Å². The topological polar surface area (TPSA) is 77.5 Å². The number of carbonyl (C=O) groups excluding carboxylic acids is 1. The predicted octanol–water partition coefficient (Wildman–Crippen LogP) is 3.64. The van der Waals surface area contributed by atoms with Gasteiger partial charge in [0.15, 0.2) is 4.80 Å². The Kier molecular flexibility index (Phi) is 4.65. The molecule has 0 fully saturated rings. The number of hydrogen-bond donors (Lipinski definition) is 0. The zero-order valence-corrected chi connectivity index (χ0v) is 14.3. The van der Waals surface area contributed by atoms with Crippen LogP contribution in [0, 0.1) is 22.5 Å². The van der Waals surface area contributed by atoms with Crippen LogP contribution in [0.25, 0.3) is 10.2 Å². The molecule has 1 heterocycles. The van der Waals surface area contributed by atoms with Gasteiger partial charge in [-0.05, 0) is 18.2 Å². The van der Waals surface area contributed by atoms with Crippen molar-refractivity contribution in [1.82, 2.24) is 4.57 Å². The lowest BCUT2D eigenvalue weighted by atomic mass is 10.2. The maximum atomic E-state index is 12.5. The van der Waals surface area contributed by atoms with Crippen molar-refractivity contribution in [2.75, 3.05) is 0 Å². The Morgan fingerprint density at radius 1 is 1.32 bits per heavy atom. The quantitative estimate of drug-likeness (QED) is 0.400. The van der Waals surface area contributed by atoms with Gasteiger partial charge >= 0.3 is 0 Å². The third-order valence-corrected chi connectivity index (χ3v) is 4.78. The largest absolute Gasteiger partial charge is 0.303 e. The number of rotatable bonds is 3. The third kappa shape index (κ3) is 3.18. The summed E-state index contributed by atoms with van der Waals surface area (Å²) in [6.45, 7) is 0.173. The fraction of sp³-hybridized carbons (Fsp3) is 0.0588. The van der Waals surface area contributed by atoms with E-state index >= 15 is 0 Å². The molecule has 1 amide bonds. The van der Waals surface area contributed by atoms with E-state index in [2.05, 4.69) is 10.9 Å². The van der Waals surface area contributed by atoms with Crippen molar-refractivity contribution in [3.63, 3.8) is 0 Å². The van der Waals surface area contributed by atoms with Crippen LogP contribution in [0.2, 0.25) is 5.02 Å². The molecule has 124 valence electrons. The predicted molar refractivity (Wildman–Crippen MR) is 96.6 cm³/mol. The molecule has 0 radical (unpaired) electrons. The summed E-state index contributed by atoms with van der Waals surface area (Å²) >= 11 is 7.47. The molecule has 0 atom stereocenters. The average molecular weight is 372 g/mol. The molecule has 2 aromatic carbocycles. The van der Waals surface area contributed by atoms with Gasteiger partial charge in [-0.25, -0.2) is 0 Å². The van der Waals surface area contributed by atoms with E-state index in [4.69, 9.17) is 18.0 Å². The first-order valence-corrected chi connectivity index (χ1v) is 8.26. The fourth-order valence-corrected chi connectivity index (χ4v) is 3.76. The van der Waals surface area contributed by atoms with E-state index in [9.17, 15) is 14.9 Å². The SMILES string of the molecule is C#CCn1c(=NC(=O)c2ccccc2[N+](=O)[O-])sc2cccc(Cl)c21. The van der Waals surface area contributed by atoms with Crippen LogP contribution in [0.1, 0.15) is 10.4 Å². The van der Waals surface area contributed by atoms with Gasteiger partial charge in [0.2, 0.25) is 0 Å². The maximum Gasteiger partial charge on any atom is 0.286 e. The molecule has 0 aliphatic carbocycles. The highest BCUT2D eigenvalue weighted by Crippen LogP contribution is 2.25. The molecular weight excluding hydrogens is 362 g/mol. The number of amides is 1. The molecule has 0 aliphatic rings. The monoisotopic (exact) mass is 371 g/mol. The van der Waals surface area contributed by atoms with E-state index < -0.39 is 10.8 Å². The molecular formula is C17H10ClN3O3S. The van der Waals surface area contributed by atoms with Crippen molar-refractivity contribution in [3.8, 4) is 12.3 Å². The number of halogens is 1. The molecule has 0 spiro atoms. The van der Waals surface area contributed by atoms with E-state index in [1.165, 1.54) is 29.5 Å². The summed E-state index contributed by atoms with van der Waals surface area (Å²) in [5.74, 6) is 1.80. The van der Waals surface area contributed by atoms with Gasteiger partial charge < -0.3 is 4.57 Å². The number of fused-ring (bicyclic) bond motifs is 1. The van der Waals surface area contributed by atoms with Gasteiger partial charge in [-0.3, -0.25) is 14.9 Å². The Morgan fingerprint density at radius 3 is 2.80 bits per heavy atom. The molecule has 0 aliphatic heterocycles. The van der Waals surface area contributed by atoms with Crippen LogP contribution in [0.15, 0.2) is 47.5 Å². The van der Waals surface area contributed by atoms with Crippen LogP contribution in [-0.4, -0.2) is 15.4 Å². The summed E-state index contributed by atoms with van der Waals surface area (Å²) in [6.07, 6.45) is 5.41. The summed E-state index contributed by atoms with van der Waals surface area (Å²) in [6, 6.07) is 11.0. The van der Waals surface area contributed by atoms with Crippen molar-refractivity contribution < 1.29 is 9.72 Å². The first-order chi connectivity index (χ1) is 12.0. The average Bonchev–Trinajstić information content (AvgIpc) is 2.94. The molecule has 0 saturated heterocycles. The number of para-hydroxylation sites is 2. The second-order valence-corrected chi connectivity index (χ2v) is 6.37. The van der Waals surface area contributed by atoms with Crippen molar-refractivity contribution >= 4 is 44.7 Å². The Morgan fingerprint density at radius 2 is 2.08 bits per heavy atom. The lowest BCUT2D eigenvalue weighted by Crippen LogP contribution is -2.17. The van der Waals surface area contributed by atoms with Crippen molar-refractivity contribution in [2.24, 2.45) is 4.99 Å². The van der Waals surface area contributed by atoms with E-state index in [1.807, 2.05) is 6.07 Å². The lowest BCUT2D eigenvalue weighted by molar-refractivity contribution is -0.385. The minimum atomic E-state index is -0.708. The molecule has 0 N–H and O–H groups in total. The van der Waals surface area contributed by atoms with Gasteiger partial charge in [-0.15, -0.1) is 6.42 Å². The van der Waals surface area contributed by atoms with Gasteiger partial charge in [0.25, 0.3) is 11.6 Å². The first-order valence-electron chi connectivity index (χ1n) is 7.06. The summed E-state index contributed by atoms with van der Waals surface area (Å²) in [7, 11) is 0. The van der Waals surface area contributed by atoms with Gasteiger partial charge in [-0.2, -0.15) is 4.99 Å². The second-order valence-electron chi connectivity index (χ2n) is 4.95. The minimum absolute atomic E-state index is 0.0803. The summed E-state index contributed by atoms with van der Waals surface area (Å²) in [5, 5.41) is 11.6. The summed E-state index contributed by atoms with van der Waals surface area (Å²) < 4.78 is 2.46. The van der Waals surface area contributed by atoms with Crippen LogP contribution in [0.3, 0.4) is 0 Å². The molecule has 1 aromatic heterocycles. The number of nitro groups is 1. The zero-order chi connectivity index (χ0) is 18.0. The van der Waals surface area contributed by atoms with E-state index in [0.29, 0.717) is 15.3 Å². The molecule has 3 aromatic rings. The third-order valence-electron chi connectivity index (χ3n) is 3.43. The highest BCUT2D eigenvalue weighted by molar-refractivity contribution is 7.16. The molecule has 0 bridgehead atoms. The Hall–Kier alpha value is -2.95.